The maximum absolute atomic E-state index is 12.5. The molecule has 0 heterocycles. The molecule has 1 amide bonds. The summed E-state index contributed by atoms with van der Waals surface area (Å²) < 4.78 is 5.50. The fraction of sp³-hybridized carbons (Fsp3) is 0.922. The summed E-state index contributed by atoms with van der Waals surface area (Å²) in [6.07, 6.45) is 92.9. The van der Waals surface area contributed by atoms with Gasteiger partial charge in [-0.1, -0.05) is 385 Å². The molecule has 2 atom stereocenters. The van der Waals surface area contributed by atoms with Crippen LogP contribution in [0.25, 0.3) is 0 Å². The van der Waals surface area contributed by atoms with Gasteiger partial charge < -0.3 is 20.3 Å². The average Bonchev–Trinajstić information content (AvgIpc) is 3.49. The molecule has 0 aromatic rings. The minimum absolute atomic E-state index is 0.0138. The SMILES string of the molecule is CCCCCCCC/C=C\CCCCCCCC(=O)OCCCCCCCCCCCCCCCCCCCCCCCCCCCCCCCCCCC(=O)NC(CO)C(O)/C=C/CCCCCCCCCCCCCCCCCCC. The first kappa shape index (κ1) is 81.3. The van der Waals surface area contributed by atoms with Gasteiger partial charge in [-0.15, -0.1) is 0 Å². The third-order valence-electron chi connectivity index (χ3n) is 18.0. The number of rotatable bonds is 72. The van der Waals surface area contributed by atoms with Crippen LogP contribution in [0.5, 0.6) is 0 Å². The van der Waals surface area contributed by atoms with Crippen LogP contribution in [0.2, 0.25) is 0 Å². The standard InChI is InChI=1S/C77H149NO5/c1-3-5-7-9-11-13-15-17-19-20-35-38-42-45-49-53-57-61-65-69-75(80)74(73-79)78-76(81)70-66-62-58-54-50-46-43-39-36-33-31-29-27-25-23-21-22-24-26-28-30-32-34-37-40-44-48-52-56-60-64-68-72-83-77(82)71-67-63-59-55-51-47-41-18-16-14-12-10-8-6-4-2/h18,41,65,69,74-75,79-80H,3-17,19-40,42-64,66-68,70-73H2,1-2H3,(H,78,81)/b41-18-,69-65+. The van der Waals surface area contributed by atoms with Gasteiger partial charge in [0.05, 0.1) is 25.4 Å². The number of nitrogens with one attached hydrogen (secondary N) is 1. The first-order chi connectivity index (χ1) is 41.0. The van der Waals surface area contributed by atoms with Gasteiger partial charge in [0, 0.05) is 12.8 Å². The summed E-state index contributed by atoms with van der Waals surface area (Å²) in [5, 5.41) is 23.3. The summed E-state index contributed by atoms with van der Waals surface area (Å²) in [6.45, 7) is 4.94. The molecular formula is C77H149NO5. The zero-order chi connectivity index (χ0) is 59.9. The Hall–Kier alpha value is -1.66. The Morgan fingerprint density at radius 2 is 0.566 bits per heavy atom. The molecule has 0 aromatic heterocycles. The molecule has 0 aliphatic heterocycles. The van der Waals surface area contributed by atoms with Crippen molar-refractivity contribution in [2.45, 2.75) is 443 Å². The van der Waals surface area contributed by atoms with Gasteiger partial charge in [-0.3, -0.25) is 9.59 Å². The van der Waals surface area contributed by atoms with Gasteiger partial charge in [-0.05, 0) is 57.8 Å². The second-order valence-electron chi connectivity index (χ2n) is 26.3. The van der Waals surface area contributed by atoms with E-state index in [0.717, 1.165) is 44.9 Å². The van der Waals surface area contributed by atoms with Gasteiger partial charge in [0.15, 0.2) is 0 Å². The van der Waals surface area contributed by atoms with Crippen LogP contribution in [0.1, 0.15) is 431 Å². The minimum atomic E-state index is -0.842. The second-order valence-corrected chi connectivity index (χ2v) is 26.3. The molecule has 6 heteroatoms. The van der Waals surface area contributed by atoms with Gasteiger partial charge in [-0.2, -0.15) is 0 Å². The van der Waals surface area contributed by atoms with Crippen molar-refractivity contribution in [1.82, 2.24) is 5.32 Å². The lowest BCUT2D eigenvalue weighted by Crippen LogP contribution is -2.45. The number of hydrogen-bond acceptors (Lipinski definition) is 5. The number of ether oxygens (including phenoxy) is 1. The molecule has 0 radical (unpaired) electrons. The van der Waals surface area contributed by atoms with Crippen molar-refractivity contribution in [3.63, 3.8) is 0 Å². The number of allylic oxidation sites excluding steroid dienone is 3. The minimum Gasteiger partial charge on any atom is -0.466 e. The molecule has 0 rings (SSSR count). The maximum atomic E-state index is 12.5. The molecule has 0 fully saturated rings. The first-order valence-corrected chi connectivity index (χ1v) is 38.1. The Labute approximate surface area is 520 Å². The summed E-state index contributed by atoms with van der Waals surface area (Å²) in [4.78, 5) is 24.6. The Morgan fingerprint density at radius 3 is 0.855 bits per heavy atom. The molecule has 0 saturated carbocycles. The Kier molecular flexibility index (Phi) is 71.4. The van der Waals surface area contributed by atoms with Crippen molar-refractivity contribution < 1.29 is 24.5 Å². The zero-order valence-corrected chi connectivity index (χ0v) is 56.5. The molecule has 492 valence electrons. The molecule has 3 N–H and O–H groups in total. The molecule has 6 nitrogen and oxygen atoms in total. The lowest BCUT2D eigenvalue weighted by atomic mass is 10.0. The van der Waals surface area contributed by atoms with Crippen LogP contribution in [0.3, 0.4) is 0 Å². The van der Waals surface area contributed by atoms with E-state index in [2.05, 4.69) is 31.3 Å². The number of aliphatic hydroxyl groups is 2. The summed E-state index contributed by atoms with van der Waals surface area (Å²) in [7, 11) is 0. The van der Waals surface area contributed by atoms with E-state index in [0.29, 0.717) is 19.4 Å². The highest BCUT2D eigenvalue weighted by Gasteiger charge is 2.18. The average molecular weight is 1170 g/mol. The predicted octanol–water partition coefficient (Wildman–Crippen LogP) is 24.9. The van der Waals surface area contributed by atoms with Crippen LogP contribution < -0.4 is 5.32 Å². The fourth-order valence-electron chi connectivity index (χ4n) is 12.2. The van der Waals surface area contributed by atoms with E-state index < -0.39 is 12.1 Å². The lowest BCUT2D eigenvalue weighted by molar-refractivity contribution is -0.143. The first-order valence-electron chi connectivity index (χ1n) is 38.1. The highest BCUT2D eigenvalue weighted by Crippen LogP contribution is 2.20. The summed E-state index contributed by atoms with van der Waals surface area (Å²) in [5.74, 6) is -0.0455. The number of aliphatic hydroxyl groups excluding tert-OH is 2. The van der Waals surface area contributed by atoms with Crippen molar-refractivity contribution in [2.75, 3.05) is 13.2 Å². The van der Waals surface area contributed by atoms with Crippen LogP contribution in [-0.2, 0) is 14.3 Å². The van der Waals surface area contributed by atoms with Gasteiger partial charge in [0.1, 0.15) is 0 Å². The molecule has 0 aliphatic rings. The van der Waals surface area contributed by atoms with E-state index in [-0.39, 0.29) is 18.5 Å². The van der Waals surface area contributed by atoms with Crippen LogP contribution in [0.4, 0.5) is 0 Å². The normalized spacial score (nSPS) is 12.6. The van der Waals surface area contributed by atoms with E-state index in [1.54, 1.807) is 6.08 Å². The topological polar surface area (TPSA) is 95.9 Å². The van der Waals surface area contributed by atoms with Crippen LogP contribution >= 0.6 is 0 Å². The second kappa shape index (κ2) is 72.8. The van der Waals surface area contributed by atoms with Crippen molar-refractivity contribution in [1.29, 1.82) is 0 Å². The number of amides is 1. The van der Waals surface area contributed by atoms with E-state index in [1.165, 1.54) is 360 Å². The number of carbonyl (C=O) groups excluding carboxylic acids is 2. The Morgan fingerprint density at radius 1 is 0.325 bits per heavy atom. The van der Waals surface area contributed by atoms with Gasteiger partial charge in [-0.25, -0.2) is 0 Å². The maximum Gasteiger partial charge on any atom is 0.305 e. The molecule has 2 unspecified atom stereocenters. The number of hydrogen-bond donors (Lipinski definition) is 3. The highest BCUT2D eigenvalue weighted by molar-refractivity contribution is 5.76. The molecule has 0 aromatic carbocycles. The molecular weight excluding hydrogens is 1020 g/mol. The number of carbonyl (C=O) groups is 2. The summed E-state index contributed by atoms with van der Waals surface area (Å²) >= 11 is 0. The number of unbranched alkanes of at least 4 members (excludes halogenated alkanes) is 59. The Bertz CT molecular complexity index is 1300. The third-order valence-corrected chi connectivity index (χ3v) is 18.0. The molecule has 0 spiro atoms. The Balaban J connectivity index is 3.34. The number of esters is 1. The van der Waals surface area contributed by atoms with Crippen molar-refractivity contribution in [3.8, 4) is 0 Å². The van der Waals surface area contributed by atoms with E-state index >= 15 is 0 Å². The zero-order valence-electron chi connectivity index (χ0n) is 56.5. The van der Waals surface area contributed by atoms with E-state index in [1.807, 2.05) is 6.08 Å². The molecule has 0 aliphatic carbocycles. The van der Waals surface area contributed by atoms with Crippen LogP contribution in [0.15, 0.2) is 24.3 Å². The smallest absolute Gasteiger partial charge is 0.305 e. The quantitative estimate of drug-likeness (QED) is 0.0320. The van der Waals surface area contributed by atoms with Gasteiger partial charge in [0.25, 0.3) is 0 Å². The molecule has 0 bridgehead atoms. The lowest BCUT2D eigenvalue weighted by Gasteiger charge is -2.20. The van der Waals surface area contributed by atoms with E-state index in [4.69, 9.17) is 4.74 Å². The highest BCUT2D eigenvalue weighted by atomic mass is 16.5. The largest absolute Gasteiger partial charge is 0.466 e. The van der Waals surface area contributed by atoms with Crippen molar-refractivity contribution >= 4 is 11.9 Å². The fourth-order valence-corrected chi connectivity index (χ4v) is 12.2. The van der Waals surface area contributed by atoms with Crippen LogP contribution in [-0.4, -0.2) is 47.4 Å². The summed E-state index contributed by atoms with van der Waals surface area (Å²) in [5.41, 5.74) is 0. The van der Waals surface area contributed by atoms with Gasteiger partial charge in [0.2, 0.25) is 5.91 Å². The molecule has 83 heavy (non-hydrogen) atoms. The monoisotopic (exact) mass is 1170 g/mol. The third kappa shape index (κ3) is 69.3. The summed E-state index contributed by atoms with van der Waals surface area (Å²) in [6, 6.07) is -0.625. The molecule has 0 saturated heterocycles. The van der Waals surface area contributed by atoms with Crippen LogP contribution in [0, 0.1) is 0 Å². The predicted molar refractivity (Wildman–Crippen MR) is 366 cm³/mol. The van der Waals surface area contributed by atoms with Gasteiger partial charge >= 0.3 is 5.97 Å². The van der Waals surface area contributed by atoms with E-state index in [9.17, 15) is 19.8 Å². The van der Waals surface area contributed by atoms with Crippen molar-refractivity contribution in [2.24, 2.45) is 0 Å². The van der Waals surface area contributed by atoms with Crippen molar-refractivity contribution in [3.05, 3.63) is 24.3 Å².